The number of benzene rings is 1. The molecule has 7 heteroatoms. The summed E-state index contributed by atoms with van der Waals surface area (Å²) in [4.78, 5) is 23.9. The highest BCUT2D eigenvalue weighted by Crippen LogP contribution is 2.17. The molecule has 0 aromatic heterocycles. The summed E-state index contributed by atoms with van der Waals surface area (Å²) >= 11 is 0. The lowest BCUT2D eigenvalue weighted by atomic mass is 10.2. The molecule has 0 spiro atoms. The number of amides is 2. The van der Waals surface area contributed by atoms with Crippen LogP contribution in [0.5, 0.6) is 0 Å². The van der Waals surface area contributed by atoms with Gasteiger partial charge in [-0.2, -0.15) is 0 Å². The molecule has 0 radical (unpaired) electrons. The summed E-state index contributed by atoms with van der Waals surface area (Å²) in [5, 5.41) is 13.3. The number of urea groups is 1. The Hall–Kier alpha value is -2.15. The number of morpholine rings is 1. The van der Waals surface area contributed by atoms with Crippen LogP contribution >= 0.6 is 0 Å². The molecule has 1 aliphatic rings. The van der Waals surface area contributed by atoms with Crippen LogP contribution < -0.4 is 5.32 Å². The number of nitro benzene ring substituents is 1. The number of nitrogens with zero attached hydrogens (tertiary/aromatic N) is 2. The number of anilines is 1. The molecule has 0 unspecified atom stereocenters. The normalized spacial score (nSPS) is 22.4. The Kier molecular flexibility index (Phi) is 4.19. The van der Waals surface area contributed by atoms with Gasteiger partial charge >= 0.3 is 6.03 Å². The van der Waals surface area contributed by atoms with Gasteiger partial charge in [-0.1, -0.05) is 0 Å². The number of nitro groups is 1. The second kappa shape index (κ2) is 5.87. The van der Waals surface area contributed by atoms with E-state index < -0.39 is 4.92 Å². The maximum absolute atomic E-state index is 12.1. The fraction of sp³-hybridized carbons (Fsp3) is 0.462. The highest BCUT2D eigenvalue weighted by Gasteiger charge is 2.25. The standard InChI is InChI=1S/C13H17N3O4/c1-9-7-15(8-10(2)20-9)13(17)14-11-3-5-12(6-4-11)16(18)19/h3-6,9-10H,7-8H2,1-2H3,(H,14,17)/t9-,10-/m0/s1. The van der Waals surface area contributed by atoms with E-state index in [1.165, 1.54) is 24.3 Å². The summed E-state index contributed by atoms with van der Waals surface area (Å²) in [5.41, 5.74) is 0.531. The van der Waals surface area contributed by atoms with E-state index in [9.17, 15) is 14.9 Å². The van der Waals surface area contributed by atoms with Crippen LogP contribution in [0.4, 0.5) is 16.2 Å². The van der Waals surface area contributed by atoms with Crippen molar-refractivity contribution in [3.63, 3.8) is 0 Å². The molecule has 1 aromatic rings. The van der Waals surface area contributed by atoms with Crippen LogP contribution in [0.25, 0.3) is 0 Å². The summed E-state index contributed by atoms with van der Waals surface area (Å²) in [6, 6.07) is 5.54. The first-order valence-corrected chi connectivity index (χ1v) is 6.41. The predicted octanol–water partition coefficient (Wildman–Crippen LogP) is 2.24. The van der Waals surface area contributed by atoms with Gasteiger partial charge in [0.25, 0.3) is 5.69 Å². The lowest BCUT2D eigenvalue weighted by Gasteiger charge is -2.35. The van der Waals surface area contributed by atoms with E-state index in [4.69, 9.17) is 4.74 Å². The van der Waals surface area contributed by atoms with Crippen LogP contribution in [0, 0.1) is 10.1 Å². The Morgan fingerprint density at radius 3 is 2.35 bits per heavy atom. The summed E-state index contributed by atoms with van der Waals surface area (Å²) in [6.07, 6.45) is 0.00252. The zero-order valence-electron chi connectivity index (χ0n) is 11.4. The second-order valence-corrected chi connectivity index (χ2v) is 4.90. The first-order valence-electron chi connectivity index (χ1n) is 6.41. The Balaban J connectivity index is 1.98. The number of rotatable bonds is 2. The van der Waals surface area contributed by atoms with Gasteiger partial charge in [0.15, 0.2) is 0 Å². The second-order valence-electron chi connectivity index (χ2n) is 4.90. The Labute approximate surface area is 116 Å². The van der Waals surface area contributed by atoms with E-state index in [1.807, 2.05) is 13.8 Å². The molecular formula is C13H17N3O4. The molecular weight excluding hydrogens is 262 g/mol. The molecule has 1 saturated heterocycles. The van der Waals surface area contributed by atoms with Crippen LogP contribution in [0.15, 0.2) is 24.3 Å². The van der Waals surface area contributed by atoms with Crippen molar-refractivity contribution in [2.75, 3.05) is 18.4 Å². The lowest BCUT2D eigenvalue weighted by Crippen LogP contribution is -2.49. The van der Waals surface area contributed by atoms with Gasteiger partial charge in [-0.15, -0.1) is 0 Å². The number of carbonyl (C=O) groups is 1. The average Bonchev–Trinajstić information content (AvgIpc) is 2.38. The Morgan fingerprint density at radius 2 is 1.85 bits per heavy atom. The SMILES string of the molecule is C[C@H]1CN(C(=O)Nc2ccc([N+](=O)[O-])cc2)C[C@H](C)O1. The molecule has 1 aromatic carbocycles. The lowest BCUT2D eigenvalue weighted by molar-refractivity contribution is -0.384. The maximum atomic E-state index is 12.1. The van der Waals surface area contributed by atoms with Gasteiger partial charge < -0.3 is 15.0 Å². The third-order valence-electron chi connectivity index (χ3n) is 3.04. The molecule has 20 heavy (non-hydrogen) atoms. The van der Waals surface area contributed by atoms with E-state index in [2.05, 4.69) is 5.32 Å². The van der Waals surface area contributed by atoms with Gasteiger partial charge in [-0.05, 0) is 26.0 Å². The molecule has 0 bridgehead atoms. The molecule has 2 atom stereocenters. The number of non-ortho nitro benzene ring substituents is 1. The molecule has 1 N–H and O–H groups in total. The van der Waals surface area contributed by atoms with Gasteiger partial charge in [0, 0.05) is 30.9 Å². The highest BCUT2D eigenvalue weighted by molar-refractivity contribution is 5.89. The monoisotopic (exact) mass is 279 g/mol. The third kappa shape index (κ3) is 3.45. The van der Waals surface area contributed by atoms with Gasteiger partial charge in [0.1, 0.15) is 0 Å². The average molecular weight is 279 g/mol. The van der Waals surface area contributed by atoms with Crippen LogP contribution in [-0.4, -0.2) is 41.2 Å². The maximum Gasteiger partial charge on any atom is 0.322 e. The number of hydrogen-bond donors (Lipinski definition) is 1. The van der Waals surface area contributed by atoms with E-state index in [1.54, 1.807) is 4.90 Å². The van der Waals surface area contributed by atoms with Gasteiger partial charge in [-0.25, -0.2) is 4.79 Å². The quantitative estimate of drug-likeness (QED) is 0.664. The van der Waals surface area contributed by atoms with Crippen molar-refractivity contribution in [2.45, 2.75) is 26.1 Å². The third-order valence-corrected chi connectivity index (χ3v) is 3.04. The molecule has 2 amide bonds. The number of carbonyl (C=O) groups excluding carboxylic acids is 1. The zero-order chi connectivity index (χ0) is 14.7. The van der Waals surface area contributed by atoms with Crippen molar-refractivity contribution in [3.05, 3.63) is 34.4 Å². The Morgan fingerprint density at radius 1 is 1.30 bits per heavy atom. The van der Waals surface area contributed by atoms with Crippen molar-refractivity contribution >= 4 is 17.4 Å². The number of ether oxygens (including phenoxy) is 1. The van der Waals surface area contributed by atoms with Gasteiger partial charge in [-0.3, -0.25) is 10.1 Å². The van der Waals surface area contributed by atoms with Crippen LogP contribution in [0.1, 0.15) is 13.8 Å². The first kappa shape index (κ1) is 14.3. The Bertz CT molecular complexity index is 493. The van der Waals surface area contributed by atoms with E-state index in [0.29, 0.717) is 18.8 Å². The summed E-state index contributed by atoms with van der Waals surface area (Å²) in [6.45, 7) is 4.90. The van der Waals surface area contributed by atoms with Crippen LogP contribution in [0.3, 0.4) is 0 Å². The predicted molar refractivity (Wildman–Crippen MR) is 73.7 cm³/mol. The smallest absolute Gasteiger partial charge is 0.322 e. The van der Waals surface area contributed by atoms with Crippen molar-refractivity contribution < 1.29 is 14.5 Å². The van der Waals surface area contributed by atoms with Crippen LogP contribution in [0.2, 0.25) is 0 Å². The molecule has 108 valence electrons. The van der Waals surface area contributed by atoms with Crippen molar-refractivity contribution in [2.24, 2.45) is 0 Å². The zero-order valence-corrected chi connectivity index (χ0v) is 11.4. The molecule has 1 fully saturated rings. The van der Waals surface area contributed by atoms with Crippen molar-refractivity contribution in [3.8, 4) is 0 Å². The minimum Gasteiger partial charge on any atom is -0.372 e. The van der Waals surface area contributed by atoms with Gasteiger partial charge in [0.05, 0.1) is 17.1 Å². The number of hydrogen-bond acceptors (Lipinski definition) is 4. The molecule has 0 aliphatic carbocycles. The largest absolute Gasteiger partial charge is 0.372 e. The summed E-state index contributed by atoms with van der Waals surface area (Å²) in [7, 11) is 0. The topological polar surface area (TPSA) is 84.7 Å². The molecule has 1 heterocycles. The van der Waals surface area contributed by atoms with E-state index in [-0.39, 0.29) is 23.9 Å². The van der Waals surface area contributed by atoms with E-state index in [0.717, 1.165) is 0 Å². The molecule has 7 nitrogen and oxygen atoms in total. The van der Waals surface area contributed by atoms with Crippen LogP contribution in [-0.2, 0) is 4.74 Å². The highest BCUT2D eigenvalue weighted by atomic mass is 16.6. The van der Waals surface area contributed by atoms with Gasteiger partial charge in [0.2, 0.25) is 0 Å². The fourth-order valence-electron chi connectivity index (χ4n) is 2.21. The van der Waals surface area contributed by atoms with Crippen molar-refractivity contribution in [1.82, 2.24) is 4.90 Å². The fourth-order valence-corrected chi connectivity index (χ4v) is 2.21. The summed E-state index contributed by atoms with van der Waals surface area (Å²) in [5.74, 6) is 0. The molecule has 0 saturated carbocycles. The number of nitrogens with one attached hydrogen (secondary N) is 1. The first-order chi connectivity index (χ1) is 9.45. The molecule has 1 aliphatic heterocycles. The van der Waals surface area contributed by atoms with Crippen molar-refractivity contribution in [1.29, 1.82) is 0 Å². The molecule has 2 rings (SSSR count). The summed E-state index contributed by atoms with van der Waals surface area (Å²) < 4.78 is 5.56. The van der Waals surface area contributed by atoms with E-state index >= 15 is 0 Å². The minimum absolute atomic E-state index is 0.00126. The minimum atomic E-state index is -0.475.